The predicted molar refractivity (Wildman–Crippen MR) is 75.4 cm³/mol. The van der Waals surface area contributed by atoms with Crippen molar-refractivity contribution in [2.24, 2.45) is 17.8 Å². The maximum absolute atomic E-state index is 2.87. The van der Waals surface area contributed by atoms with E-state index in [-0.39, 0.29) is 0 Å². The molecule has 2 nitrogen and oxygen atoms in total. The van der Waals surface area contributed by atoms with Crippen molar-refractivity contribution in [3.8, 4) is 0 Å². The Morgan fingerprint density at radius 2 is 2.06 bits per heavy atom. The van der Waals surface area contributed by atoms with Gasteiger partial charge in [0.15, 0.2) is 0 Å². The first-order valence-electron chi connectivity index (χ1n) is 6.81. The predicted octanol–water partition coefficient (Wildman–Crippen LogP) is 2.51. The normalized spacial score (nSPS) is 41.8. The summed E-state index contributed by atoms with van der Waals surface area (Å²) in [6.45, 7) is 8.36. The third-order valence-corrected chi connectivity index (χ3v) is 5.16. The molecule has 2 aliphatic heterocycles. The molecular weight excluding hydrogens is 227 g/mol. The van der Waals surface area contributed by atoms with Crippen molar-refractivity contribution >= 4 is 9.39 Å². The van der Waals surface area contributed by atoms with Gasteiger partial charge in [0.25, 0.3) is 0 Å². The molecule has 3 rings (SSSR count). The zero-order valence-electron chi connectivity index (χ0n) is 10.8. The SMILES string of the molecule is CC1C=CC(N2CC[C@@H]3CN(P)C[C@@H]32)=CC1C. The van der Waals surface area contributed by atoms with Gasteiger partial charge in [0, 0.05) is 31.4 Å². The van der Waals surface area contributed by atoms with E-state index in [0.717, 1.165) is 12.0 Å². The van der Waals surface area contributed by atoms with Crippen molar-refractivity contribution in [3.63, 3.8) is 0 Å². The molecule has 5 atom stereocenters. The largest absolute Gasteiger partial charge is 0.367 e. The van der Waals surface area contributed by atoms with Gasteiger partial charge in [-0.05, 0) is 30.3 Å². The molecule has 2 heterocycles. The number of rotatable bonds is 1. The van der Waals surface area contributed by atoms with Gasteiger partial charge >= 0.3 is 0 Å². The van der Waals surface area contributed by atoms with E-state index < -0.39 is 0 Å². The minimum Gasteiger partial charge on any atom is -0.367 e. The molecule has 2 saturated heterocycles. The molecule has 17 heavy (non-hydrogen) atoms. The molecule has 0 N–H and O–H groups in total. The molecule has 0 aromatic rings. The maximum atomic E-state index is 2.87. The Balaban J connectivity index is 1.78. The summed E-state index contributed by atoms with van der Waals surface area (Å²) in [5, 5.41) is 0. The van der Waals surface area contributed by atoms with Crippen LogP contribution >= 0.6 is 9.39 Å². The van der Waals surface area contributed by atoms with E-state index in [1.54, 1.807) is 0 Å². The lowest BCUT2D eigenvalue weighted by Gasteiger charge is -2.31. The monoisotopic (exact) mass is 250 g/mol. The summed E-state index contributed by atoms with van der Waals surface area (Å²) in [6, 6.07) is 0.754. The molecule has 94 valence electrons. The number of hydrogen-bond acceptors (Lipinski definition) is 2. The minimum atomic E-state index is 0.683. The lowest BCUT2D eigenvalue weighted by atomic mass is 9.90. The Kier molecular flexibility index (Phi) is 3.04. The fourth-order valence-electron chi connectivity index (χ4n) is 3.41. The van der Waals surface area contributed by atoms with Crippen LogP contribution in [0.4, 0.5) is 0 Å². The highest BCUT2D eigenvalue weighted by Gasteiger charge is 2.40. The summed E-state index contributed by atoms with van der Waals surface area (Å²) in [5.41, 5.74) is 1.48. The van der Waals surface area contributed by atoms with Gasteiger partial charge in [0.05, 0.1) is 0 Å². The second kappa shape index (κ2) is 4.40. The van der Waals surface area contributed by atoms with E-state index >= 15 is 0 Å². The fraction of sp³-hybridized carbons (Fsp3) is 0.714. The second-order valence-electron chi connectivity index (χ2n) is 5.93. The molecule has 0 bridgehead atoms. The zero-order chi connectivity index (χ0) is 12.0. The van der Waals surface area contributed by atoms with Crippen LogP contribution in [0.5, 0.6) is 0 Å². The van der Waals surface area contributed by atoms with Crippen molar-refractivity contribution < 1.29 is 0 Å². The summed E-state index contributed by atoms with van der Waals surface area (Å²) < 4.78 is 2.40. The molecule has 3 aliphatic rings. The van der Waals surface area contributed by atoms with Crippen LogP contribution in [0.3, 0.4) is 0 Å². The van der Waals surface area contributed by atoms with Crippen LogP contribution in [0, 0.1) is 17.8 Å². The molecule has 0 radical (unpaired) electrons. The lowest BCUT2D eigenvalue weighted by Crippen LogP contribution is -2.33. The van der Waals surface area contributed by atoms with Gasteiger partial charge < -0.3 is 4.90 Å². The minimum absolute atomic E-state index is 0.683. The summed E-state index contributed by atoms with van der Waals surface area (Å²) >= 11 is 0. The highest BCUT2D eigenvalue weighted by Crippen LogP contribution is 2.37. The molecule has 0 aromatic heterocycles. The number of nitrogens with zero attached hydrogens (tertiary/aromatic N) is 2. The Morgan fingerprint density at radius 3 is 2.82 bits per heavy atom. The van der Waals surface area contributed by atoms with Crippen molar-refractivity contribution in [2.45, 2.75) is 26.3 Å². The van der Waals surface area contributed by atoms with E-state index in [0.29, 0.717) is 11.8 Å². The van der Waals surface area contributed by atoms with E-state index in [1.807, 2.05) is 0 Å². The van der Waals surface area contributed by atoms with Crippen LogP contribution < -0.4 is 0 Å². The van der Waals surface area contributed by atoms with Crippen LogP contribution in [0.2, 0.25) is 0 Å². The number of allylic oxidation sites excluding steroid dienone is 3. The molecule has 1 aliphatic carbocycles. The number of fused-ring (bicyclic) bond motifs is 1. The first-order chi connectivity index (χ1) is 8.15. The van der Waals surface area contributed by atoms with Crippen molar-refractivity contribution in [1.82, 2.24) is 9.57 Å². The topological polar surface area (TPSA) is 6.48 Å². The van der Waals surface area contributed by atoms with Gasteiger partial charge in [-0.2, -0.15) is 0 Å². The molecule has 3 unspecified atom stereocenters. The van der Waals surface area contributed by atoms with Crippen LogP contribution in [0.25, 0.3) is 0 Å². The Hall–Kier alpha value is -0.330. The third kappa shape index (κ3) is 2.06. The summed E-state index contributed by atoms with van der Waals surface area (Å²) in [5.74, 6) is 2.26. The average Bonchev–Trinajstić information content (AvgIpc) is 2.81. The summed E-state index contributed by atoms with van der Waals surface area (Å²) in [6.07, 6.45) is 8.56. The van der Waals surface area contributed by atoms with E-state index in [4.69, 9.17) is 0 Å². The molecule has 0 amide bonds. The molecule has 0 spiro atoms. The van der Waals surface area contributed by atoms with Crippen LogP contribution in [-0.2, 0) is 0 Å². The fourth-order valence-corrected chi connectivity index (χ4v) is 3.90. The number of hydrogen-bond donors (Lipinski definition) is 0. The first kappa shape index (κ1) is 11.7. The zero-order valence-corrected chi connectivity index (χ0v) is 12.0. The van der Waals surface area contributed by atoms with E-state index in [1.165, 1.54) is 31.8 Å². The first-order valence-corrected chi connectivity index (χ1v) is 7.33. The Labute approximate surface area is 107 Å². The summed E-state index contributed by atoms with van der Waals surface area (Å²) in [7, 11) is 2.87. The highest BCUT2D eigenvalue weighted by atomic mass is 31.0. The smallest absolute Gasteiger partial charge is 0.0461 e. The molecule has 2 fully saturated rings. The molecule has 0 aromatic carbocycles. The van der Waals surface area contributed by atoms with Crippen LogP contribution in [-0.4, -0.2) is 35.2 Å². The second-order valence-corrected chi connectivity index (χ2v) is 6.66. The average molecular weight is 250 g/mol. The van der Waals surface area contributed by atoms with Gasteiger partial charge in [-0.25, -0.2) is 0 Å². The third-order valence-electron chi connectivity index (χ3n) is 4.74. The molecular formula is C14H23N2P. The van der Waals surface area contributed by atoms with Gasteiger partial charge in [-0.3, -0.25) is 4.67 Å². The summed E-state index contributed by atoms with van der Waals surface area (Å²) in [4.78, 5) is 2.65. The number of likely N-dealkylation sites (tertiary alicyclic amines) is 1. The lowest BCUT2D eigenvalue weighted by molar-refractivity contribution is 0.311. The van der Waals surface area contributed by atoms with Crippen molar-refractivity contribution in [2.75, 3.05) is 19.6 Å². The van der Waals surface area contributed by atoms with Gasteiger partial charge in [0.2, 0.25) is 0 Å². The maximum Gasteiger partial charge on any atom is 0.0461 e. The van der Waals surface area contributed by atoms with Gasteiger partial charge in [-0.1, -0.05) is 35.4 Å². The van der Waals surface area contributed by atoms with Crippen molar-refractivity contribution in [1.29, 1.82) is 0 Å². The molecule has 0 saturated carbocycles. The van der Waals surface area contributed by atoms with E-state index in [2.05, 4.69) is 51.0 Å². The van der Waals surface area contributed by atoms with Crippen LogP contribution in [0.15, 0.2) is 23.9 Å². The van der Waals surface area contributed by atoms with Crippen LogP contribution in [0.1, 0.15) is 20.3 Å². The highest BCUT2D eigenvalue weighted by molar-refractivity contribution is 7.13. The quantitative estimate of drug-likeness (QED) is 0.660. The van der Waals surface area contributed by atoms with Crippen molar-refractivity contribution in [3.05, 3.63) is 23.9 Å². The standard InChI is InChI=1S/C14H23N2P/c1-10-3-4-13(7-11(10)2)16-6-5-12-8-15(17)9-14(12)16/h3-4,7,10-12,14H,5-6,8-9,17H2,1-2H3/t10?,11?,12-,14+/m1/s1. The Bertz CT molecular complexity index is 363. The van der Waals surface area contributed by atoms with E-state index in [9.17, 15) is 0 Å². The van der Waals surface area contributed by atoms with Gasteiger partial charge in [0.1, 0.15) is 0 Å². The Morgan fingerprint density at radius 1 is 1.24 bits per heavy atom. The molecule has 3 heteroatoms. The van der Waals surface area contributed by atoms with Gasteiger partial charge in [-0.15, -0.1) is 0 Å².